The lowest BCUT2D eigenvalue weighted by atomic mass is 10.0. The highest BCUT2D eigenvalue weighted by Crippen LogP contribution is 2.36. The van der Waals surface area contributed by atoms with Crippen LogP contribution in [0, 0.1) is 0 Å². The highest BCUT2D eigenvalue weighted by molar-refractivity contribution is 9.09. The molecule has 0 N–H and O–H groups in total. The number of nitrogens with zero attached hydrogens (tertiary/aromatic N) is 1. The molecule has 0 bridgehead atoms. The summed E-state index contributed by atoms with van der Waals surface area (Å²) in [5, 5.41) is 3.57. The van der Waals surface area contributed by atoms with Crippen molar-refractivity contribution in [2.45, 2.75) is 18.5 Å². The van der Waals surface area contributed by atoms with Crippen LogP contribution in [0.5, 0.6) is 0 Å². The molecule has 0 saturated carbocycles. The largest absolute Gasteiger partial charge is 0.397 e. The van der Waals surface area contributed by atoms with Crippen LogP contribution in [0.15, 0.2) is 16.9 Å². The summed E-state index contributed by atoms with van der Waals surface area (Å²) in [6, 6.07) is 1.24. The molecule has 0 aliphatic heterocycles. The maximum absolute atomic E-state index is 12.4. The van der Waals surface area contributed by atoms with Crippen LogP contribution in [0.1, 0.15) is 18.0 Å². The molecule has 0 saturated heterocycles. The summed E-state index contributed by atoms with van der Waals surface area (Å²) >= 11 is 2.97. The molecule has 0 aliphatic carbocycles. The van der Waals surface area contributed by atoms with Gasteiger partial charge in [0.05, 0.1) is 5.69 Å². The maximum atomic E-state index is 12.4. The minimum atomic E-state index is -4.26. The van der Waals surface area contributed by atoms with Gasteiger partial charge < -0.3 is 4.52 Å². The van der Waals surface area contributed by atoms with Crippen LogP contribution in [-0.4, -0.2) is 16.7 Å². The van der Waals surface area contributed by atoms with Crippen LogP contribution >= 0.6 is 15.9 Å². The van der Waals surface area contributed by atoms with Crippen molar-refractivity contribution >= 4 is 15.9 Å². The molecule has 0 spiro atoms. The maximum Gasteiger partial charge on any atom is 0.397 e. The van der Waals surface area contributed by atoms with Gasteiger partial charge in [0, 0.05) is 11.4 Å². The Bertz CT molecular complexity index is 247. The Balaban J connectivity index is 2.81. The third-order valence-electron chi connectivity index (χ3n) is 1.61. The molecule has 0 amide bonds. The van der Waals surface area contributed by atoms with E-state index in [9.17, 15) is 13.2 Å². The molecule has 0 fully saturated rings. The second-order valence-corrected chi connectivity index (χ2v) is 3.29. The van der Waals surface area contributed by atoms with Crippen molar-refractivity contribution < 1.29 is 17.7 Å². The molecule has 2 nitrogen and oxygen atoms in total. The minimum absolute atomic E-state index is 0.0317. The molecule has 1 atom stereocenters. The number of rotatable bonds is 3. The molecule has 0 aromatic carbocycles. The second-order valence-electron chi connectivity index (χ2n) is 2.50. The van der Waals surface area contributed by atoms with Gasteiger partial charge in [0.25, 0.3) is 0 Å². The van der Waals surface area contributed by atoms with Gasteiger partial charge in [-0.2, -0.15) is 13.2 Å². The Hall–Kier alpha value is -0.520. The van der Waals surface area contributed by atoms with Crippen molar-refractivity contribution in [3.63, 3.8) is 0 Å². The molecule has 0 radical (unpaired) electrons. The summed E-state index contributed by atoms with van der Waals surface area (Å²) in [4.78, 5) is 0. The van der Waals surface area contributed by atoms with Gasteiger partial charge in [-0.1, -0.05) is 21.1 Å². The predicted molar refractivity (Wildman–Crippen MR) is 43.7 cm³/mol. The lowest BCUT2D eigenvalue weighted by Crippen LogP contribution is -2.21. The van der Waals surface area contributed by atoms with E-state index in [0.29, 0.717) is 0 Å². The van der Waals surface area contributed by atoms with Crippen molar-refractivity contribution in [3.8, 4) is 0 Å². The van der Waals surface area contributed by atoms with Crippen molar-refractivity contribution in [1.82, 2.24) is 5.16 Å². The SMILES string of the molecule is FC(F)(F)C(CCBr)c1ccon1. The highest BCUT2D eigenvalue weighted by atomic mass is 79.9. The lowest BCUT2D eigenvalue weighted by Gasteiger charge is -2.16. The first-order valence-corrected chi connectivity index (χ1v) is 4.71. The summed E-state index contributed by atoms with van der Waals surface area (Å²) in [5.41, 5.74) is -0.0630. The number of alkyl halides is 4. The number of halogens is 4. The third kappa shape index (κ3) is 2.72. The van der Waals surface area contributed by atoms with Gasteiger partial charge in [-0.15, -0.1) is 0 Å². The Labute approximate surface area is 81.2 Å². The van der Waals surface area contributed by atoms with Gasteiger partial charge in [-0.25, -0.2) is 0 Å². The van der Waals surface area contributed by atoms with Gasteiger partial charge >= 0.3 is 6.18 Å². The monoisotopic (exact) mass is 257 g/mol. The van der Waals surface area contributed by atoms with Gasteiger partial charge in [0.2, 0.25) is 0 Å². The van der Waals surface area contributed by atoms with Crippen LogP contribution in [0.25, 0.3) is 0 Å². The molecule has 1 aromatic rings. The zero-order valence-electron chi connectivity index (χ0n) is 6.51. The van der Waals surface area contributed by atoms with E-state index in [1.807, 2.05) is 0 Å². The highest BCUT2D eigenvalue weighted by Gasteiger charge is 2.41. The van der Waals surface area contributed by atoms with Crippen LogP contribution in [0.2, 0.25) is 0 Å². The number of hydrogen-bond donors (Lipinski definition) is 0. The van der Waals surface area contributed by atoms with E-state index in [1.54, 1.807) is 0 Å². The van der Waals surface area contributed by atoms with Crippen molar-refractivity contribution in [2.75, 3.05) is 5.33 Å². The Morgan fingerprint density at radius 2 is 2.23 bits per heavy atom. The van der Waals surface area contributed by atoms with Gasteiger partial charge in [-0.05, 0) is 6.42 Å². The van der Waals surface area contributed by atoms with E-state index in [1.165, 1.54) is 6.07 Å². The van der Waals surface area contributed by atoms with E-state index in [4.69, 9.17) is 0 Å². The topological polar surface area (TPSA) is 26.0 Å². The summed E-state index contributed by atoms with van der Waals surface area (Å²) < 4.78 is 41.5. The van der Waals surface area contributed by atoms with E-state index in [0.717, 1.165) is 6.26 Å². The number of aromatic nitrogens is 1. The fourth-order valence-corrected chi connectivity index (χ4v) is 1.45. The molecule has 1 aromatic heterocycles. The first-order valence-electron chi connectivity index (χ1n) is 3.58. The van der Waals surface area contributed by atoms with E-state index in [-0.39, 0.29) is 17.4 Å². The number of hydrogen-bond acceptors (Lipinski definition) is 2. The summed E-state index contributed by atoms with van der Waals surface area (Å²) in [5.74, 6) is -1.54. The Morgan fingerprint density at radius 1 is 1.54 bits per heavy atom. The van der Waals surface area contributed by atoms with Gasteiger partial charge in [-0.3, -0.25) is 0 Å². The van der Waals surface area contributed by atoms with E-state index >= 15 is 0 Å². The molecule has 6 heteroatoms. The molecular formula is C7H7BrF3NO. The fraction of sp³-hybridized carbons (Fsp3) is 0.571. The van der Waals surface area contributed by atoms with E-state index < -0.39 is 12.1 Å². The molecule has 1 rings (SSSR count). The summed E-state index contributed by atoms with van der Waals surface area (Å²) in [7, 11) is 0. The zero-order valence-corrected chi connectivity index (χ0v) is 8.10. The average molecular weight is 258 g/mol. The summed E-state index contributed by atoms with van der Waals surface area (Å²) in [6.45, 7) is 0. The second kappa shape index (κ2) is 4.13. The predicted octanol–water partition coefficient (Wildman–Crippen LogP) is 3.11. The molecular weight excluding hydrogens is 251 g/mol. The van der Waals surface area contributed by atoms with Crippen LogP contribution in [-0.2, 0) is 0 Å². The molecule has 74 valence electrons. The fourth-order valence-electron chi connectivity index (χ4n) is 0.990. The van der Waals surface area contributed by atoms with Crippen LogP contribution in [0.3, 0.4) is 0 Å². The van der Waals surface area contributed by atoms with Crippen LogP contribution in [0.4, 0.5) is 13.2 Å². The normalized spacial score (nSPS) is 14.5. The smallest absolute Gasteiger partial charge is 0.364 e. The quantitative estimate of drug-likeness (QED) is 0.778. The third-order valence-corrected chi connectivity index (χ3v) is 2.07. The minimum Gasteiger partial charge on any atom is -0.364 e. The zero-order chi connectivity index (χ0) is 9.90. The van der Waals surface area contributed by atoms with Gasteiger partial charge in [0.15, 0.2) is 0 Å². The van der Waals surface area contributed by atoms with E-state index in [2.05, 4.69) is 25.6 Å². The standard InChI is InChI=1S/C7H7BrF3NO/c8-3-1-5(7(9,10)11)6-2-4-13-12-6/h2,4-5H,1,3H2. The van der Waals surface area contributed by atoms with Crippen molar-refractivity contribution in [1.29, 1.82) is 0 Å². The Morgan fingerprint density at radius 3 is 2.62 bits per heavy atom. The molecule has 1 heterocycles. The molecule has 13 heavy (non-hydrogen) atoms. The average Bonchev–Trinajstić information content (AvgIpc) is 2.49. The lowest BCUT2D eigenvalue weighted by molar-refractivity contribution is -0.151. The first kappa shape index (κ1) is 10.6. The van der Waals surface area contributed by atoms with Crippen LogP contribution < -0.4 is 0 Å². The molecule has 1 unspecified atom stereocenters. The summed E-state index contributed by atoms with van der Waals surface area (Å²) in [6.07, 6.45) is -3.15. The van der Waals surface area contributed by atoms with Gasteiger partial charge in [0.1, 0.15) is 12.2 Å². The van der Waals surface area contributed by atoms with Crippen molar-refractivity contribution in [2.24, 2.45) is 0 Å². The van der Waals surface area contributed by atoms with Crippen molar-refractivity contribution in [3.05, 3.63) is 18.0 Å². The Kier molecular flexibility index (Phi) is 3.35. The molecule has 0 aliphatic rings. The first-order chi connectivity index (χ1) is 6.05.